The summed E-state index contributed by atoms with van der Waals surface area (Å²) in [6.45, 7) is 0. The van der Waals surface area contributed by atoms with Gasteiger partial charge in [0.25, 0.3) is 5.91 Å². The number of nitrogens with one attached hydrogen (secondary N) is 2. The van der Waals surface area contributed by atoms with Crippen molar-refractivity contribution in [3.05, 3.63) is 10.8 Å². The Morgan fingerprint density at radius 3 is 2.38 bits per heavy atom. The van der Waals surface area contributed by atoms with E-state index in [4.69, 9.17) is 34.2 Å². The summed E-state index contributed by atoms with van der Waals surface area (Å²) in [5.74, 6) is -1.56. The Bertz CT molecular complexity index is 437. The molecule has 0 aliphatic carbocycles. The molecule has 8 nitrogen and oxygen atoms in total. The van der Waals surface area contributed by atoms with Crippen molar-refractivity contribution in [3.8, 4) is 0 Å². The summed E-state index contributed by atoms with van der Waals surface area (Å²) < 4.78 is 0. The monoisotopic (exact) mass is 253 g/mol. The van der Waals surface area contributed by atoms with Crippen LogP contribution in [0.1, 0.15) is 10.5 Å². The summed E-state index contributed by atoms with van der Waals surface area (Å²) in [6.07, 6.45) is 0. The number of amides is 1. The number of halogens is 1. The molecule has 0 saturated heterocycles. The van der Waals surface area contributed by atoms with Crippen LogP contribution in [0.5, 0.6) is 0 Å². The third kappa shape index (κ3) is 3.49. The molecule has 10 heteroatoms. The Labute approximate surface area is 118 Å². The van der Waals surface area contributed by atoms with Crippen molar-refractivity contribution in [3.63, 3.8) is 0 Å². The Balaban J connectivity index is 0.00000225. The maximum atomic E-state index is 11.3. The molecule has 0 radical (unpaired) electrons. The van der Waals surface area contributed by atoms with Crippen LogP contribution in [0.4, 0.5) is 11.6 Å². The number of hydrogen-bond acceptors (Lipinski definition) is 6. The second-order valence-electron chi connectivity index (χ2n) is 2.50. The molecule has 0 unspecified atom stereocenters. The fourth-order valence-electron chi connectivity index (χ4n) is 0.790. The first-order valence-electron chi connectivity index (χ1n) is 3.65. The zero-order valence-corrected chi connectivity index (χ0v) is 8.17. The molecule has 0 bridgehead atoms. The minimum absolute atomic E-state index is 0. The van der Waals surface area contributed by atoms with E-state index in [0.29, 0.717) is 0 Å². The zero-order valence-electron chi connectivity index (χ0n) is 7.41. The van der Waals surface area contributed by atoms with E-state index in [1.54, 1.807) is 0 Å². The van der Waals surface area contributed by atoms with Gasteiger partial charge < -0.3 is 17.2 Å². The second kappa shape index (κ2) is 5.85. The van der Waals surface area contributed by atoms with Crippen LogP contribution in [0.3, 0.4) is 0 Å². The van der Waals surface area contributed by atoms with E-state index in [1.165, 1.54) is 0 Å². The van der Waals surface area contributed by atoms with E-state index in [1.807, 2.05) is 5.32 Å². The topological polar surface area (TPSA) is 157 Å². The number of nitrogens with two attached hydrogens (primary N) is 3. The van der Waals surface area contributed by atoms with Gasteiger partial charge >= 0.3 is 29.6 Å². The first-order valence-corrected chi connectivity index (χ1v) is 4.03. The number of anilines is 2. The van der Waals surface area contributed by atoms with Crippen molar-refractivity contribution in [2.45, 2.75) is 0 Å². The van der Waals surface area contributed by atoms with Crippen molar-refractivity contribution in [2.24, 2.45) is 5.73 Å². The Morgan fingerprint density at radius 1 is 1.31 bits per heavy atom. The summed E-state index contributed by atoms with van der Waals surface area (Å²) >= 11 is 5.55. The molecule has 0 aliphatic rings. The van der Waals surface area contributed by atoms with Crippen molar-refractivity contribution >= 4 is 64.7 Å². The van der Waals surface area contributed by atoms with Crippen LogP contribution in [0.15, 0.2) is 0 Å². The Hall–Kier alpha value is -1.09. The van der Waals surface area contributed by atoms with Crippen LogP contribution in [0.2, 0.25) is 5.15 Å². The normalized spacial score (nSPS) is 9.06. The molecule has 0 spiro atoms. The zero-order chi connectivity index (χ0) is 11.6. The van der Waals surface area contributed by atoms with Gasteiger partial charge in [0.05, 0.1) is 0 Å². The van der Waals surface area contributed by atoms with Crippen LogP contribution < -0.4 is 22.5 Å². The van der Waals surface area contributed by atoms with Crippen molar-refractivity contribution < 1.29 is 4.79 Å². The molecular weight excluding hydrogens is 245 g/mol. The van der Waals surface area contributed by atoms with Crippen LogP contribution in [-0.2, 0) is 0 Å². The van der Waals surface area contributed by atoms with E-state index >= 15 is 0 Å². The van der Waals surface area contributed by atoms with Crippen LogP contribution >= 0.6 is 11.6 Å². The molecule has 1 amide bonds. The van der Waals surface area contributed by atoms with E-state index in [2.05, 4.69) is 9.97 Å². The summed E-state index contributed by atoms with van der Waals surface area (Å²) in [4.78, 5) is 18.5. The molecule has 16 heavy (non-hydrogen) atoms. The molecule has 1 aromatic rings. The SMILES string of the molecule is N=C(N)NC(=O)c1nc(Cl)c(N)nc1N.[NaH]. The maximum absolute atomic E-state index is 11.3. The van der Waals surface area contributed by atoms with Gasteiger partial charge in [-0.1, -0.05) is 11.6 Å². The second-order valence-corrected chi connectivity index (χ2v) is 2.86. The summed E-state index contributed by atoms with van der Waals surface area (Å²) in [5, 5.41) is 8.69. The fraction of sp³-hybridized carbons (Fsp3) is 0. The van der Waals surface area contributed by atoms with Crippen LogP contribution in [0, 0.1) is 5.41 Å². The number of carbonyl (C=O) groups excluding carboxylic acids is 1. The number of hydrogen-bond donors (Lipinski definition) is 5. The van der Waals surface area contributed by atoms with Gasteiger partial charge in [0.1, 0.15) is 0 Å². The molecule has 1 heterocycles. The molecule has 0 aliphatic heterocycles. The van der Waals surface area contributed by atoms with Gasteiger partial charge in [-0.3, -0.25) is 15.5 Å². The Morgan fingerprint density at radius 2 is 1.88 bits per heavy atom. The quantitative estimate of drug-likeness (QED) is 0.227. The third-order valence-electron chi connectivity index (χ3n) is 1.37. The van der Waals surface area contributed by atoms with Gasteiger partial charge in [0.2, 0.25) is 0 Å². The summed E-state index contributed by atoms with van der Waals surface area (Å²) in [7, 11) is 0. The molecule has 0 aromatic carbocycles. The molecule has 8 N–H and O–H groups in total. The number of nitrogens with zero attached hydrogens (tertiary/aromatic N) is 2. The van der Waals surface area contributed by atoms with E-state index in [0.717, 1.165) is 0 Å². The predicted molar refractivity (Wildman–Crippen MR) is 62.4 cm³/mol. The first-order chi connectivity index (χ1) is 6.91. The standard InChI is InChI=1S/C6H8ClN7O.Na.H/c7-2-4(9)13-3(8)1(12-2)5(15)14-6(10)11;;/h(H4,8,9,13)(H4,10,11,14,15);;. The van der Waals surface area contributed by atoms with Gasteiger partial charge in [0, 0.05) is 0 Å². The summed E-state index contributed by atoms with van der Waals surface area (Å²) in [5.41, 5.74) is 15.4. The van der Waals surface area contributed by atoms with Gasteiger partial charge in [-0.15, -0.1) is 0 Å². The van der Waals surface area contributed by atoms with Gasteiger partial charge in [-0.05, 0) is 0 Å². The predicted octanol–water partition coefficient (Wildman–Crippen LogP) is -1.73. The molecule has 82 valence electrons. The number of guanidine groups is 1. The van der Waals surface area contributed by atoms with Crippen molar-refractivity contribution in [1.29, 1.82) is 5.41 Å². The average molecular weight is 254 g/mol. The summed E-state index contributed by atoms with van der Waals surface area (Å²) in [6, 6.07) is 0. The minimum atomic E-state index is -0.769. The van der Waals surface area contributed by atoms with Crippen LogP contribution in [-0.4, -0.2) is 51.4 Å². The number of carbonyl (C=O) groups is 1. The van der Waals surface area contributed by atoms with Gasteiger partial charge in [0.15, 0.2) is 28.4 Å². The Kier molecular flexibility index (Phi) is 5.45. The average Bonchev–Trinajstić information content (AvgIpc) is 2.09. The molecule has 1 rings (SSSR count). The van der Waals surface area contributed by atoms with Gasteiger partial charge in [-0.25, -0.2) is 9.97 Å². The van der Waals surface area contributed by atoms with Crippen molar-refractivity contribution in [1.82, 2.24) is 15.3 Å². The van der Waals surface area contributed by atoms with E-state index < -0.39 is 11.9 Å². The van der Waals surface area contributed by atoms with E-state index in [9.17, 15) is 4.79 Å². The molecule has 0 fully saturated rings. The fourth-order valence-corrected chi connectivity index (χ4v) is 0.917. The molecule has 1 aromatic heterocycles. The number of aromatic nitrogens is 2. The number of rotatable bonds is 1. The molecule has 0 atom stereocenters. The van der Waals surface area contributed by atoms with Crippen molar-refractivity contribution in [2.75, 3.05) is 11.5 Å². The van der Waals surface area contributed by atoms with E-state index in [-0.39, 0.29) is 52.0 Å². The van der Waals surface area contributed by atoms with Gasteiger partial charge in [-0.2, -0.15) is 0 Å². The first kappa shape index (κ1) is 14.9. The molecular formula is C6H9ClN7NaO. The number of nitrogen functional groups attached to an aromatic ring is 2. The molecule has 0 saturated carbocycles. The third-order valence-corrected chi connectivity index (χ3v) is 1.65. The van der Waals surface area contributed by atoms with Crippen LogP contribution in [0.25, 0.3) is 0 Å².